The van der Waals surface area contributed by atoms with Crippen LogP contribution in [0.5, 0.6) is 0 Å². The Morgan fingerprint density at radius 3 is 2.23 bits per heavy atom. The molecule has 0 bridgehead atoms. The molecule has 4 amide bonds. The summed E-state index contributed by atoms with van der Waals surface area (Å²) in [5.74, 6) is -2.85. The molecule has 3 heterocycles. The molecule has 16 heteroatoms. The monoisotopic (exact) mass is 770 g/mol. The van der Waals surface area contributed by atoms with Gasteiger partial charge >= 0.3 is 18.2 Å². The number of piperazine rings is 1. The summed E-state index contributed by atoms with van der Waals surface area (Å²) in [7, 11) is 0. The molecule has 2 aliphatic heterocycles. The number of halogens is 1. The van der Waals surface area contributed by atoms with Crippen molar-refractivity contribution in [1.29, 1.82) is 0 Å². The first-order valence-electron chi connectivity index (χ1n) is 18.2. The van der Waals surface area contributed by atoms with E-state index in [1.807, 2.05) is 30.3 Å². The lowest BCUT2D eigenvalue weighted by Crippen LogP contribution is -2.54. The van der Waals surface area contributed by atoms with Crippen molar-refractivity contribution < 1.29 is 42.9 Å². The number of hydrogen-bond acceptors (Lipinski definition) is 9. The second-order valence-electron chi connectivity index (χ2n) is 13.9. The number of nitrogens with one attached hydrogen (secondary N) is 2. The summed E-state index contributed by atoms with van der Waals surface area (Å²) in [4.78, 5) is 80.8. The molecule has 0 unspecified atom stereocenters. The van der Waals surface area contributed by atoms with Gasteiger partial charge in [-0.2, -0.15) is 0 Å². The molecule has 15 nitrogen and oxygen atoms in total. The SMILES string of the molecule is CCn1cc(C(=O)O)c(=O)c2cc(F)c(N3CCN(C(=O)OCc4ccc(NC(=O)[C@H](C)N5CC[C@@](C)(NC(=O)OCc6ccccc6)C5=O)cc4)CC3)cc21. The highest BCUT2D eigenvalue weighted by molar-refractivity contribution is 6.00. The molecule has 2 aliphatic rings. The molecule has 2 fully saturated rings. The quantitative estimate of drug-likeness (QED) is 0.196. The van der Waals surface area contributed by atoms with Crippen LogP contribution >= 0.6 is 0 Å². The lowest BCUT2D eigenvalue weighted by atomic mass is 10.0. The van der Waals surface area contributed by atoms with E-state index in [2.05, 4.69) is 10.6 Å². The summed E-state index contributed by atoms with van der Waals surface area (Å²) in [6.07, 6.45) is 0.295. The molecule has 56 heavy (non-hydrogen) atoms. The maximum atomic E-state index is 15.3. The van der Waals surface area contributed by atoms with Crippen LogP contribution in [0.2, 0.25) is 0 Å². The maximum absolute atomic E-state index is 15.3. The van der Waals surface area contributed by atoms with Crippen LogP contribution in [-0.2, 0) is 38.8 Å². The van der Waals surface area contributed by atoms with Crippen molar-refractivity contribution in [3.8, 4) is 0 Å². The number of carboxylic acids is 1. The van der Waals surface area contributed by atoms with Crippen LogP contribution in [0.1, 0.15) is 48.7 Å². The number of aromatic nitrogens is 1. The summed E-state index contributed by atoms with van der Waals surface area (Å²) in [6.45, 7) is 6.79. The summed E-state index contributed by atoms with van der Waals surface area (Å²) < 4.78 is 27.7. The van der Waals surface area contributed by atoms with E-state index in [1.165, 1.54) is 22.1 Å². The van der Waals surface area contributed by atoms with Gasteiger partial charge < -0.3 is 44.5 Å². The molecule has 3 N–H and O–H groups in total. The Hall–Kier alpha value is -6.45. The molecular formula is C40H43FN6O9. The number of ether oxygens (including phenoxy) is 2. The third-order valence-electron chi connectivity index (χ3n) is 10.2. The van der Waals surface area contributed by atoms with Crippen LogP contribution in [0.3, 0.4) is 0 Å². The van der Waals surface area contributed by atoms with Gasteiger partial charge in [0.1, 0.15) is 36.2 Å². The molecule has 6 rings (SSSR count). The standard InChI is InChI=1S/C40H43FN6O9/c1-4-44-22-30(36(50)51)34(48)29-20-31(41)33(21-32(29)44)45-16-18-46(19-17-45)39(54)56-24-27-10-12-28(13-11-27)42-35(49)25(2)47-15-14-40(3,37(47)52)43-38(53)55-23-26-8-6-5-7-9-26/h5-13,20-22,25H,4,14-19,23-24H2,1-3H3,(H,42,49)(H,43,53)(H,50,51)/t25-,40+/m0/s1. The van der Waals surface area contributed by atoms with Crippen LogP contribution in [0.25, 0.3) is 10.9 Å². The number of anilines is 2. The van der Waals surface area contributed by atoms with Crippen molar-refractivity contribution in [1.82, 2.24) is 19.7 Å². The fraction of sp³-hybridized carbons (Fsp3) is 0.350. The number of benzene rings is 3. The van der Waals surface area contributed by atoms with E-state index in [1.54, 1.807) is 54.5 Å². The van der Waals surface area contributed by atoms with Crippen molar-refractivity contribution in [3.05, 3.63) is 106 Å². The number of likely N-dealkylation sites (tertiary alicyclic amines) is 1. The Bertz CT molecular complexity index is 2210. The normalized spacial score (nSPS) is 17.4. The van der Waals surface area contributed by atoms with Gasteiger partial charge in [-0.1, -0.05) is 42.5 Å². The zero-order valence-electron chi connectivity index (χ0n) is 31.2. The average Bonchev–Trinajstić information content (AvgIpc) is 3.49. The molecule has 294 valence electrons. The van der Waals surface area contributed by atoms with Gasteiger partial charge in [0.15, 0.2) is 0 Å². The number of fused-ring (bicyclic) bond motifs is 1. The molecule has 2 atom stereocenters. The van der Waals surface area contributed by atoms with E-state index < -0.39 is 58.4 Å². The van der Waals surface area contributed by atoms with Gasteiger partial charge in [-0.25, -0.2) is 18.8 Å². The largest absolute Gasteiger partial charge is 0.477 e. The van der Waals surface area contributed by atoms with E-state index in [9.17, 15) is 33.9 Å². The third kappa shape index (κ3) is 8.43. The highest BCUT2D eigenvalue weighted by atomic mass is 19.1. The summed E-state index contributed by atoms with van der Waals surface area (Å²) in [5.41, 5.74) is 0.221. The lowest BCUT2D eigenvalue weighted by molar-refractivity contribution is -0.138. The number of carbonyl (C=O) groups is 5. The van der Waals surface area contributed by atoms with Gasteiger partial charge in [-0.05, 0) is 62.6 Å². The number of hydrogen-bond donors (Lipinski definition) is 3. The Morgan fingerprint density at radius 2 is 1.57 bits per heavy atom. The average molecular weight is 771 g/mol. The summed E-state index contributed by atoms with van der Waals surface area (Å²) >= 11 is 0. The third-order valence-corrected chi connectivity index (χ3v) is 10.2. The zero-order valence-corrected chi connectivity index (χ0v) is 31.2. The second-order valence-corrected chi connectivity index (χ2v) is 13.9. The fourth-order valence-electron chi connectivity index (χ4n) is 6.83. The highest BCUT2D eigenvalue weighted by Crippen LogP contribution is 2.28. The van der Waals surface area contributed by atoms with Crippen LogP contribution in [0.15, 0.2) is 77.7 Å². The molecule has 0 spiro atoms. The number of alkyl carbamates (subject to hydrolysis) is 1. The number of carbonyl (C=O) groups excluding carboxylic acids is 4. The lowest BCUT2D eigenvalue weighted by Gasteiger charge is -2.35. The van der Waals surface area contributed by atoms with Gasteiger partial charge in [0, 0.05) is 56.5 Å². The van der Waals surface area contributed by atoms with E-state index in [4.69, 9.17) is 9.47 Å². The van der Waals surface area contributed by atoms with E-state index >= 15 is 4.39 Å². The van der Waals surface area contributed by atoms with Gasteiger partial charge in [0.05, 0.1) is 11.2 Å². The molecule has 0 radical (unpaired) electrons. The Labute approximate surface area is 321 Å². The summed E-state index contributed by atoms with van der Waals surface area (Å²) in [5, 5.41) is 14.9. The number of aromatic carboxylic acids is 1. The predicted molar refractivity (Wildman–Crippen MR) is 204 cm³/mol. The van der Waals surface area contributed by atoms with E-state index in [-0.39, 0.29) is 43.9 Å². The maximum Gasteiger partial charge on any atom is 0.410 e. The summed E-state index contributed by atoms with van der Waals surface area (Å²) in [6, 6.07) is 17.7. The van der Waals surface area contributed by atoms with Crippen molar-refractivity contribution in [3.63, 3.8) is 0 Å². The van der Waals surface area contributed by atoms with Gasteiger partial charge in [0.2, 0.25) is 17.2 Å². The first kappa shape index (κ1) is 39.2. The van der Waals surface area contributed by atoms with Crippen molar-refractivity contribution in [2.75, 3.05) is 42.9 Å². The van der Waals surface area contributed by atoms with Gasteiger partial charge in [0.25, 0.3) is 0 Å². The molecule has 0 saturated carbocycles. The highest BCUT2D eigenvalue weighted by Gasteiger charge is 2.47. The predicted octanol–water partition coefficient (Wildman–Crippen LogP) is 4.56. The van der Waals surface area contributed by atoms with Crippen molar-refractivity contribution in [2.45, 2.75) is 58.5 Å². The minimum atomic E-state index is -1.38. The Morgan fingerprint density at radius 1 is 0.911 bits per heavy atom. The number of amides is 4. The number of rotatable bonds is 11. The number of aryl methyl sites for hydroxylation is 1. The Kier molecular flexibility index (Phi) is 11.6. The van der Waals surface area contributed by atoms with E-state index in [0.717, 1.165) is 11.6 Å². The minimum Gasteiger partial charge on any atom is -0.477 e. The first-order chi connectivity index (χ1) is 26.8. The number of pyridine rings is 1. The second kappa shape index (κ2) is 16.5. The van der Waals surface area contributed by atoms with Crippen LogP contribution < -0.4 is 21.0 Å². The molecule has 1 aromatic heterocycles. The number of carboxylic acid groups (broad SMARTS) is 1. The molecule has 4 aromatic rings. The van der Waals surface area contributed by atoms with Crippen molar-refractivity contribution >= 4 is 52.2 Å². The Balaban J connectivity index is 0.963. The van der Waals surface area contributed by atoms with E-state index in [0.29, 0.717) is 42.8 Å². The molecule has 0 aliphatic carbocycles. The molecular weight excluding hydrogens is 727 g/mol. The van der Waals surface area contributed by atoms with Crippen LogP contribution in [0, 0.1) is 5.82 Å². The number of nitrogens with zero attached hydrogens (tertiary/aromatic N) is 4. The van der Waals surface area contributed by atoms with Gasteiger partial charge in [-0.3, -0.25) is 14.4 Å². The fourth-order valence-corrected chi connectivity index (χ4v) is 6.83. The van der Waals surface area contributed by atoms with Crippen LogP contribution in [0.4, 0.5) is 25.4 Å². The van der Waals surface area contributed by atoms with Crippen molar-refractivity contribution in [2.24, 2.45) is 0 Å². The molecule has 3 aromatic carbocycles. The minimum absolute atomic E-state index is 0.0173. The van der Waals surface area contributed by atoms with Crippen LogP contribution in [-0.4, -0.2) is 93.7 Å². The smallest absolute Gasteiger partial charge is 0.410 e. The topological polar surface area (TPSA) is 180 Å². The first-order valence-corrected chi connectivity index (χ1v) is 18.2. The molecule has 2 saturated heterocycles. The zero-order chi connectivity index (χ0) is 40.1. The van der Waals surface area contributed by atoms with Gasteiger partial charge in [-0.15, -0.1) is 0 Å².